The second-order valence-corrected chi connectivity index (χ2v) is 7.59. The molecule has 4 nitrogen and oxygen atoms in total. The van der Waals surface area contributed by atoms with Gasteiger partial charge in [-0.05, 0) is 59.7 Å². The summed E-state index contributed by atoms with van der Waals surface area (Å²) in [4.78, 5) is 0.306. The molecule has 1 aromatic carbocycles. The van der Waals surface area contributed by atoms with Crippen molar-refractivity contribution in [1.29, 1.82) is 0 Å². The van der Waals surface area contributed by atoms with Gasteiger partial charge in [0.2, 0.25) is 10.0 Å². The molecule has 0 aromatic heterocycles. The van der Waals surface area contributed by atoms with Gasteiger partial charge in [0, 0.05) is 15.7 Å². The zero-order chi connectivity index (χ0) is 13.2. The fourth-order valence-electron chi connectivity index (χ4n) is 2.19. The Morgan fingerprint density at radius 2 is 1.78 bits per heavy atom. The van der Waals surface area contributed by atoms with Crippen molar-refractivity contribution in [3.05, 3.63) is 27.8 Å². The lowest BCUT2D eigenvalue weighted by molar-refractivity contribution is 0.361. The largest absolute Gasteiger partial charge is 0.326 e. The van der Waals surface area contributed by atoms with Crippen molar-refractivity contribution in [3.8, 4) is 0 Å². The third-order valence-corrected chi connectivity index (χ3v) is 5.47. The van der Waals surface area contributed by atoms with Gasteiger partial charge in [-0.15, -0.1) is 0 Å². The molecule has 1 aliphatic rings. The van der Waals surface area contributed by atoms with Gasteiger partial charge in [-0.25, -0.2) is 13.1 Å². The highest BCUT2D eigenvalue weighted by molar-refractivity contribution is 14.1. The molecule has 1 saturated carbocycles. The fourth-order valence-corrected chi connectivity index (χ4v) is 3.87. The molecular weight excluding hydrogens is 363 g/mol. The zero-order valence-corrected chi connectivity index (χ0v) is 12.9. The number of nitrogens with one attached hydrogen (secondary N) is 1. The van der Waals surface area contributed by atoms with Crippen LogP contribution in [0, 0.1) is 3.57 Å². The normalized spacial score (nSPS) is 25.0. The Hall–Kier alpha value is -0.180. The van der Waals surface area contributed by atoms with Crippen LogP contribution in [0.5, 0.6) is 0 Å². The number of benzene rings is 1. The van der Waals surface area contributed by atoms with E-state index in [1.165, 1.54) is 0 Å². The number of nitrogens with two attached hydrogens (primary N) is 1. The summed E-state index contributed by atoms with van der Waals surface area (Å²) in [5.41, 5.74) is 5.96. The maximum Gasteiger partial charge on any atom is 0.240 e. The van der Waals surface area contributed by atoms with Crippen LogP contribution in [-0.2, 0) is 10.0 Å². The number of sulfonamides is 1. The molecule has 3 N–H and O–H groups in total. The molecule has 18 heavy (non-hydrogen) atoms. The first-order chi connectivity index (χ1) is 8.49. The molecule has 1 fully saturated rings. The number of halogens is 1. The molecule has 1 aliphatic carbocycles. The Balaban J connectivity index is 2.13. The molecular formula is C12H17IN2O2S. The van der Waals surface area contributed by atoms with E-state index in [4.69, 9.17) is 5.73 Å². The Kier molecular flexibility index (Phi) is 4.63. The molecule has 0 heterocycles. The Morgan fingerprint density at radius 1 is 1.17 bits per heavy atom. The molecule has 0 spiro atoms. The van der Waals surface area contributed by atoms with Crippen LogP contribution in [0.1, 0.15) is 25.7 Å². The third-order valence-electron chi connectivity index (χ3n) is 3.25. The van der Waals surface area contributed by atoms with Gasteiger partial charge in [-0.1, -0.05) is 12.8 Å². The first-order valence-corrected chi connectivity index (χ1v) is 8.59. The highest BCUT2D eigenvalue weighted by atomic mass is 127. The van der Waals surface area contributed by atoms with E-state index in [0.717, 1.165) is 29.3 Å². The summed E-state index contributed by atoms with van der Waals surface area (Å²) < 4.78 is 28.1. The lowest BCUT2D eigenvalue weighted by atomic mass is 9.92. The van der Waals surface area contributed by atoms with Gasteiger partial charge in [-0.3, -0.25) is 0 Å². The molecule has 0 aliphatic heterocycles. The molecule has 2 rings (SSSR count). The second-order valence-electron chi connectivity index (χ2n) is 4.63. The van der Waals surface area contributed by atoms with Crippen LogP contribution in [0.3, 0.4) is 0 Å². The second kappa shape index (κ2) is 5.85. The summed E-state index contributed by atoms with van der Waals surface area (Å²) in [6.45, 7) is 0. The van der Waals surface area contributed by atoms with Gasteiger partial charge in [0.1, 0.15) is 0 Å². The van der Waals surface area contributed by atoms with E-state index < -0.39 is 10.0 Å². The lowest BCUT2D eigenvalue weighted by Gasteiger charge is -2.29. The molecule has 0 bridgehead atoms. The van der Waals surface area contributed by atoms with E-state index >= 15 is 0 Å². The highest BCUT2D eigenvalue weighted by Crippen LogP contribution is 2.19. The van der Waals surface area contributed by atoms with Gasteiger partial charge in [0.15, 0.2) is 0 Å². The first-order valence-electron chi connectivity index (χ1n) is 6.02. The summed E-state index contributed by atoms with van der Waals surface area (Å²) in [7, 11) is -3.44. The van der Waals surface area contributed by atoms with Crippen molar-refractivity contribution in [2.24, 2.45) is 5.73 Å². The predicted molar refractivity (Wildman–Crippen MR) is 79.7 cm³/mol. The Bertz CT molecular complexity index is 501. The van der Waals surface area contributed by atoms with Crippen molar-refractivity contribution in [2.45, 2.75) is 42.7 Å². The third kappa shape index (κ3) is 3.43. The number of hydrogen-bond donors (Lipinski definition) is 2. The molecule has 2 atom stereocenters. The average molecular weight is 380 g/mol. The smallest absolute Gasteiger partial charge is 0.240 e. The van der Waals surface area contributed by atoms with Crippen LogP contribution in [0.15, 0.2) is 29.2 Å². The van der Waals surface area contributed by atoms with E-state index in [2.05, 4.69) is 27.3 Å². The monoisotopic (exact) mass is 380 g/mol. The summed E-state index contributed by atoms with van der Waals surface area (Å²) in [5, 5.41) is 0. The molecule has 0 saturated heterocycles. The molecule has 100 valence electrons. The summed E-state index contributed by atoms with van der Waals surface area (Å²) in [5.74, 6) is 0. The minimum Gasteiger partial charge on any atom is -0.326 e. The minimum absolute atomic E-state index is 0.0719. The summed E-state index contributed by atoms with van der Waals surface area (Å²) in [6, 6.07) is 6.61. The standard InChI is InChI=1S/C12H17IN2O2S/c13-9-5-7-10(8-6-9)18(16,17)15-12-4-2-1-3-11(12)14/h5-8,11-12,15H,1-4,14H2/t11-,12-/m1/s1. The number of rotatable bonds is 3. The fraction of sp³-hybridized carbons (Fsp3) is 0.500. The van der Waals surface area contributed by atoms with Crippen molar-refractivity contribution >= 4 is 32.6 Å². The zero-order valence-electron chi connectivity index (χ0n) is 9.97. The quantitative estimate of drug-likeness (QED) is 0.787. The van der Waals surface area contributed by atoms with Gasteiger partial charge in [0.05, 0.1) is 4.90 Å². The van der Waals surface area contributed by atoms with Crippen LogP contribution in [0.4, 0.5) is 0 Å². The van der Waals surface area contributed by atoms with Crippen LogP contribution < -0.4 is 10.5 Å². The van der Waals surface area contributed by atoms with E-state index in [9.17, 15) is 8.42 Å². The molecule has 0 radical (unpaired) electrons. The maximum absolute atomic E-state index is 12.2. The molecule has 0 unspecified atom stereocenters. The number of hydrogen-bond acceptors (Lipinski definition) is 3. The van der Waals surface area contributed by atoms with Crippen molar-refractivity contribution in [1.82, 2.24) is 4.72 Å². The lowest BCUT2D eigenvalue weighted by Crippen LogP contribution is -2.49. The first kappa shape index (κ1) is 14.2. The van der Waals surface area contributed by atoms with E-state index in [1.807, 2.05) is 0 Å². The van der Waals surface area contributed by atoms with Gasteiger partial charge in [0.25, 0.3) is 0 Å². The van der Waals surface area contributed by atoms with Crippen LogP contribution in [0.2, 0.25) is 0 Å². The van der Waals surface area contributed by atoms with Gasteiger partial charge >= 0.3 is 0 Å². The Morgan fingerprint density at radius 3 is 2.39 bits per heavy atom. The van der Waals surface area contributed by atoms with Crippen LogP contribution >= 0.6 is 22.6 Å². The molecule has 0 amide bonds. The van der Waals surface area contributed by atoms with E-state index in [-0.39, 0.29) is 12.1 Å². The van der Waals surface area contributed by atoms with E-state index in [1.54, 1.807) is 24.3 Å². The minimum atomic E-state index is -3.44. The maximum atomic E-state index is 12.2. The topological polar surface area (TPSA) is 72.2 Å². The molecule has 1 aromatic rings. The van der Waals surface area contributed by atoms with Crippen LogP contribution in [0.25, 0.3) is 0 Å². The molecule has 6 heteroatoms. The van der Waals surface area contributed by atoms with Crippen molar-refractivity contribution in [3.63, 3.8) is 0 Å². The highest BCUT2D eigenvalue weighted by Gasteiger charge is 2.26. The Labute approximate surface area is 122 Å². The summed E-state index contributed by atoms with van der Waals surface area (Å²) >= 11 is 2.15. The van der Waals surface area contributed by atoms with Gasteiger partial charge < -0.3 is 5.73 Å². The van der Waals surface area contributed by atoms with Crippen molar-refractivity contribution in [2.75, 3.05) is 0 Å². The average Bonchev–Trinajstić information content (AvgIpc) is 2.32. The van der Waals surface area contributed by atoms with Crippen molar-refractivity contribution < 1.29 is 8.42 Å². The summed E-state index contributed by atoms with van der Waals surface area (Å²) in [6.07, 6.45) is 3.83. The van der Waals surface area contributed by atoms with Gasteiger partial charge in [-0.2, -0.15) is 0 Å². The van der Waals surface area contributed by atoms with Crippen LogP contribution in [-0.4, -0.2) is 20.5 Å². The van der Waals surface area contributed by atoms with E-state index in [0.29, 0.717) is 4.90 Å². The predicted octanol–water partition coefficient (Wildman–Crippen LogP) is 1.84. The SMILES string of the molecule is N[C@@H]1CCCC[C@H]1NS(=O)(=O)c1ccc(I)cc1.